The summed E-state index contributed by atoms with van der Waals surface area (Å²) in [4.78, 5) is 13.1. The molecular weight excluding hydrogens is 371 g/mol. The number of carbonyl (C=O) groups excluding carboxylic acids is 1. The largest absolute Gasteiger partial charge is 0.289 e. The molecule has 0 unspecified atom stereocenters. The number of hydrogen-bond acceptors (Lipinski definition) is 1. The average Bonchev–Trinajstić information content (AvgIpc) is 2.46. The van der Waals surface area contributed by atoms with Crippen LogP contribution in [-0.4, -0.2) is 5.78 Å². The van der Waals surface area contributed by atoms with Crippen molar-refractivity contribution in [3.05, 3.63) is 66.3 Å². The Morgan fingerprint density at radius 2 is 1.29 bits per heavy atom. The Morgan fingerprint density at radius 1 is 0.810 bits per heavy atom. The molecular formula is C19H21IO. The summed E-state index contributed by atoms with van der Waals surface area (Å²) in [5.74, 6) is 0.143. The molecule has 0 saturated heterocycles. The molecule has 0 aliphatic carbocycles. The topological polar surface area (TPSA) is 17.1 Å². The Kier molecular flexibility index (Phi) is 4.57. The Morgan fingerprint density at radius 3 is 1.81 bits per heavy atom. The van der Waals surface area contributed by atoms with Crippen LogP contribution in [0.3, 0.4) is 0 Å². The van der Waals surface area contributed by atoms with Crippen molar-refractivity contribution in [2.75, 3.05) is 0 Å². The highest BCUT2D eigenvalue weighted by Gasteiger charge is 2.21. The molecule has 0 heterocycles. The maximum atomic E-state index is 13.1. The predicted octanol–water partition coefficient (Wildman–Crippen LogP) is 5.37. The van der Waals surface area contributed by atoms with Gasteiger partial charge in [0.25, 0.3) is 0 Å². The molecule has 0 amide bonds. The maximum Gasteiger partial charge on any atom is 0.194 e. The van der Waals surface area contributed by atoms with Crippen molar-refractivity contribution in [2.24, 2.45) is 0 Å². The van der Waals surface area contributed by atoms with E-state index in [1.807, 2.05) is 25.1 Å². The van der Waals surface area contributed by atoms with Gasteiger partial charge in [0.2, 0.25) is 0 Å². The lowest BCUT2D eigenvalue weighted by Gasteiger charge is -2.18. The number of benzene rings is 2. The van der Waals surface area contributed by atoms with Gasteiger partial charge in [0.15, 0.2) is 5.78 Å². The van der Waals surface area contributed by atoms with Crippen LogP contribution in [0.4, 0.5) is 0 Å². The lowest BCUT2D eigenvalue weighted by Crippen LogP contribution is -2.12. The normalized spacial score (nSPS) is 10.8. The van der Waals surface area contributed by atoms with E-state index in [1.54, 1.807) is 0 Å². The number of aryl methyl sites for hydroxylation is 1. The van der Waals surface area contributed by atoms with Crippen LogP contribution in [0.5, 0.6) is 0 Å². The Bertz CT molecular complexity index is 713. The lowest BCUT2D eigenvalue weighted by molar-refractivity contribution is 0.103. The first kappa shape index (κ1) is 16.2. The predicted molar refractivity (Wildman–Crippen MR) is 97.5 cm³/mol. The molecule has 0 aliphatic rings. The average molecular weight is 392 g/mol. The molecule has 2 aromatic carbocycles. The second kappa shape index (κ2) is 5.91. The molecule has 0 aromatic heterocycles. The van der Waals surface area contributed by atoms with Gasteiger partial charge in [-0.05, 0) is 104 Å². The quantitative estimate of drug-likeness (QED) is 0.496. The summed E-state index contributed by atoms with van der Waals surface area (Å²) in [6.07, 6.45) is 0. The van der Waals surface area contributed by atoms with Crippen LogP contribution < -0.4 is 0 Å². The summed E-state index contributed by atoms with van der Waals surface area (Å²) in [5.41, 5.74) is 8.80. The molecule has 2 heteroatoms. The molecule has 1 nitrogen and oxygen atoms in total. The lowest BCUT2D eigenvalue weighted by atomic mass is 9.86. The van der Waals surface area contributed by atoms with E-state index < -0.39 is 0 Å². The fourth-order valence-corrected chi connectivity index (χ4v) is 3.40. The molecule has 0 fully saturated rings. The fourth-order valence-electron chi connectivity index (χ4n) is 2.80. The van der Waals surface area contributed by atoms with Crippen LogP contribution in [0.1, 0.15) is 49.3 Å². The van der Waals surface area contributed by atoms with Crippen LogP contribution in [0.2, 0.25) is 0 Å². The van der Waals surface area contributed by atoms with Crippen molar-refractivity contribution < 1.29 is 4.79 Å². The zero-order valence-electron chi connectivity index (χ0n) is 13.5. The Balaban J connectivity index is 2.73. The smallest absolute Gasteiger partial charge is 0.194 e. The number of carbonyl (C=O) groups is 1. The van der Waals surface area contributed by atoms with Gasteiger partial charge in [0, 0.05) is 14.7 Å². The van der Waals surface area contributed by atoms with Gasteiger partial charge in [-0.15, -0.1) is 0 Å². The summed E-state index contributed by atoms with van der Waals surface area (Å²) >= 11 is 2.27. The zero-order chi connectivity index (χ0) is 15.9. The van der Waals surface area contributed by atoms with Crippen LogP contribution in [-0.2, 0) is 0 Å². The maximum absolute atomic E-state index is 13.1. The van der Waals surface area contributed by atoms with Crippen molar-refractivity contribution in [2.45, 2.75) is 41.5 Å². The molecule has 0 radical (unpaired) electrons. The van der Waals surface area contributed by atoms with E-state index in [4.69, 9.17) is 0 Å². The third-order valence-electron chi connectivity index (χ3n) is 4.66. The van der Waals surface area contributed by atoms with Crippen LogP contribution in [0.15, 0.2) is 18.2 Å². The first-order chi connectivity index (χ1) is 9.77. The summed E-state index contributed by atoms with van der Waals surface area (Å²) < 4.78 is 1.05. The van der Waals surface area contributed by atoms with E-state index in [0.29, 0.717) is 0 Å². The molecule has 21 heavy (non-hydrogen) atoms. The summed E-state index contributed by atoms with van der Waals surface area (Å²) in [7, 11) is 0. The SMILES string of the molecule is Cc1cccc(C(=O)c2c(C)c(C)c(C)c(C)c2C)c1I. The molecule has 0 spiro atoms. The van der Waals surface area contributed by atoms with Gasteiger partial charge < -0.3 is 0 Å². The Hall–Kier alpha value is -1.16. The van der Waals surface area contributed by atoms with Crippen LogP contribution in [0.25, 0.3) is 0 Å². The standard InChI is InChI=1S/C19H21IO/c1-10-8-7-9-16(18(10)20)19(21)17-14(5)12(3)11(2)13(4)15(17)6/h7-9H,1-6H3. The van der Waals surface area contributed by atoms with Crippen molar-refractivity contribution in [1.29, 1.82) is 0 Å². The van der Waals surface area contributed by atoms with Crippen molar-refractivity contribution in [3.63, 3.8) is 0 Å². The molecule has 0 bridgehead atoms. The first-order valence-electron chi connectivity index (χ1n) is 7.14. The van der Waals surface area contributed by atoms with Gasteiger partial charge in [0.05, 0.1) is 0 Å². The zero-order valence-corrected chi connectivity index (χ0v) is 15.7. The number of rotatable bonds is 2. The molecule has 0 aliphatic heterocycles. The van der Waals surface area contributed by atoms with Gasteiger partial charge >= 0.3 is 0 Å². The third kappa shape index (κ3) is 2.66. The van der Waals surface area contributed by atoms with Gasteiger partial charge in [-0.3, -0.25) is 4.79 Å². The number of halogens is 1. The summed E-state index contributed by atoms with van der Waals surface area (Å²) in [5, 5.41) is 0. The van der Waals surface area contributed by atoms with Crippen LogP contribution >= 0.6 is 22.6 Å². The highest BCUT2D eigenvalue weighted by atomic mass is 127. The van der Waals surface area contributed by atoms with Gasteiger partial charge in [-0.2, -0.15) is 0 Å². The number of hydrogen-bond donors (Lipinski definition) is 0. The van der Waals surface area contributed by atoms with E-state index in [1.165, 1.54) is 16.7 Å². The fraction of sp³-hybridized carbons (Fsp3) is 0.316. The van der Waals surface area contributed by atoms with Crippen molar-refractivity contribution in [1.82, 2.24) is 0 Å². The number of ketones is 1. The molecule has 0 N–H and O–H groups in total. The molecule has 0 atom stereocenters. The van der Waals surface area contributed by atoms with E-state index in [2.05, 4.69) is 57.2 Å². The highest BCUT2D eigenvalue weighted by Crippen LogP contribution is 2.29. The van der Waals surface area contributed by atoms with Crippen molar-refractivity contribution in [3.8, 4) is 0 Å². The summed E-state index contributed by atoms with van der Waals surface area (Å²) in [6, 6.07) is 5.94. The van der Waals surface area contributed by atoms with Gasteiger partial charge in [0.1, 0.15) is 0 Å². The Labute approximate surface area is 140 Å². The second-order valence-corrected chi connectivity index (χ2v) is 6.84. The highest BCUT2D eigenvalue weighted by molar-refractivity contribution is 14.1. The minimum Gasteiger partial charge on any atom is -0.289 e. The first-order valence-corrected chi connectivity index (χ1v) is 8.22. The van der Waals surface area contributed by atoms with Gasteiger partial charge in [-0.1, -0.05) is 12.1 Å². The van der Waals surface area contributed by atoms with Crippen LogP contribution in [0, 0.1) is 45.1 Å². The summed E-state index contributed by atoms with van der Waals surface area (Å²) in [6.45, 7) is 12.5. The van der Waals surface area contributed by atoms with Crippen molar-refractivity contribution >= 4 is 28.4 Å². The molecule has 0 saturated carbocycles. The minimum atomic E-state index is 0.143. The minimum absolute atomic E-state index is 0.143. The van der Waals surface area contributed by atoms with E-state index in [9.17, 15) is 4.79 Å². The van der Waals surface area contributed by atoms with E-state index >= 15 is 0 Å². The monoisotopic (exact) mass is 392 g/mol. The van der Waals surface area contributed by atoms with E-state index in [0.717, 1.165) is 31.4 Å². The van der Waals surface area contributed by atoms with E-state index in [-0.39, 0.29) is 5.78 Å². The second-order valence-electron chi connectivity index (χ2n) is 5.77. The molecule has 110 valence electrons. The third-order valence-corrected chi connectivity index (χ3v) is 6.10. The van der Waals surface area contributed by atoms with Gasteiger partial charge in [-0.25, -0.2) is 0 Å². The molecule has 2 aromatic rings. The molecule has 2 rings (SSSR count).